The fraction of sp³-hybridized carbons (Fsp3) is 0.714. The third-order valence-electron chi connectivity index (χ3n) is 1.13. The molecule has 0 aromatic rings. The van der Waals surface area contributed by atoms with E-state index in [0.717, 1.165) is 0 Å². The van der Waals surface area contributed by atoms with Gasteiger partial charge in [-0.2, -0.15) is 0 Å². The molecule has 0 aromatic carbocycles. The maximum absolute atomic E-state index is 10.9. The average Bonchev–Trinajstić information content (AvgIpc) is 1.87. The number of carbonyl (C=O) groups excluding carboxylic acids is 1. The summed E-state index contributed by atoms with van der Waals surface area (Å²) in [6.07, 6.45) is 0.0564. The molecule has 0 saturated carbocycles. The number of rotatable bonds is 3. The molecule has 0 aliphatic carbocycles. The maximum Gasteiger partial charge on any atom is 0.231 e. The number of carbonyl (C=O) groups is 1. The smallest absolute Gasteiger partial charge is 0.231 e. The predicted molar refractivity (Wildman–Crippen MR) is 42.7 cm³/mol. The summed E-state index contributed by atoms with van der Waals surface area (Å²) in [4.78, 5) is 12.4. The van der Waals surface area contributed by atoms with Crippen LogP contribution >= 0.6 is 0 Å². The van der Waals surface area contributed by atoms with Gasteiger partial charge in [0.15, 0.2) is 5.90 Å². The van der Waals surface area contributed by atoms with Crippen molar-refractivity contribution in [1.29, 1.82) is 5.41 Å². The molecule has 4 heteroatoms. The zero-order valence-electron chi connectivity index (χ0n) is 7.18. The monoisotopic (exact) mass is 158 g/mol. The molecule has 0 unspecified atom stereocenters. The largest absolute Gasteiger partial charge is 0.481 e. The molecule has 0 bridgehead atoms. The standard InChI is InChI=1S/C7H14N2O2/c1-4-11-6(8)5-7(10)9(2)3/h8H,4-5H2,1-3H3. The van der Waals surface area contributed by atoms with Crippen LogP contribution in [-0.4, -0.2) is 37.4 Å². The van der Waals surface area contributed by atoms with E-state index in [1.807, 2.05) is 0 Å². The molecule has 0 aromatic heterocycles. The molecular weight excluding hydrogens is 144 g/mol. The van der Waals surface area contributed by atoms with Crippen LogP contribution in [0.5, 0.6) is 0 Å². The van der Waals surface area contributed by atoms with Gasteiger partial charge in [-0.1, -0.05) is 0 Å². The van der Waals surface area contributed by atoms with Crippen LogP contribution in [0, 0.1) is 5.41 Å². The topological polar surface area (TPSA) is 53.4 Å². The number of hydrogen-bond donors (Lipinski definition) is 1. The molecule has 0 aliphatic rings. The van der Waals surface area contributed by atoms with Gasteiger partial charge in [0.05, 0.1) is 6.61 Å². The van der Waals surface area contributed by atoms with Gasteiger partial charge in [0.2, 0.25) is 5.91 Å². The Labute approximate surface area is 66.6 Å². The first-order valence-corrected chi connectivity index (χ1v) is 3.48. The Bertz CT molecular complexity index is 155. The molecule has 1 N–H and O–H groups in total. The van der Waals surface area contributed by atoms with Gasteiger partial charge in [-0.05, 0) is 6.92 Å². The molecule has 0 atom stereocenters. The Balaban J connectivity index is 3.67. The highest BCUT2D eigenvalue weighted by Crippen LogP contribution is 1.90. The van der Waals surface area contributed by atoms with Crippen LogP contribution in [0.2, 0.25) is 0 Å². The minimum absolute atomic E-state index is 0.0335. The van der Waals surface area contributed by atoms with Crippen LogP contribution in [0.1, 0.15) is 13.3 Å². The van der Waals surface area contributed by atoms with Gasteiger partial charge in [-0.15, -0.1) is 0 Å². The summed E-state index contributed by atoms with van der Waals surface area (Å²) in [6.45, 7) is 2.23. The quantitative estimate of drug-likeness (QED) is 0.479. The van der Waals surface area contributed by atoms with Crippen molar-refractivity contribution < 1.29 is 9.53 Å². The molecule has 0 heterocycles. The van der Waals surface area contributed by atoms with Crippen molar-refractivity contribution in [1.82, 2.24) is 4.90 Å². The molecule has 64 valence electrons. The highest BCUT2D eigenvalue weighted by molar-refractivity contribution is 5.95. The highest BCUT2D eigenvalue weighted by Gasteiger charge is 2.07. The van der Waals surface area contributed by atoms with Gasteiger partial charge in [-0.25, -0.2) is 0 Å². The van der Waals surface area contributed by atoms with E-state index in [2.05, 4.69) is 0 Å². The Kier molecular flexibility index (Phi) is 4.26. The number of nitrogens with zero attached hydrogens (tertiary/aromatic N) is 1. The minimum Gasteiger partial charge on any atom is -0.481 e. The zero-order chi connectivity index (χ0) is 8.85. The fourth-order valence-electron chi connectivity index (χ4n) is 0.521. The summed E-state index contributed by atoms with van der Waals surface area (Å²) < 4.78 is 4.80. The lowest BCUT2D eigenvalue weighted by Crippen LogP contribution is -2.24. The van der Waals surface area contributed by atoms with Crippen molar-refractivity contribution in [3.8, 4) is 0 Å². The minimum atomic E-state index is -0.108. The first-order valence-electron chi connectivity index (χ1n) is 3.48. The molecule has 11 heavy (non-hydrogen) atoms. The molecule has 1 amide bonds. The van der Waals surface area contributed by atoms with E-state index in [1.165, 1.54) is 4.90 Å². The molecule has 0 fully saturated rings. The molecule has 0 saturated heterocycles. The summed E-state index contributed by atoms with van der Waals surface area (Å²) in [5.41, 5.74) is 0. The van der Waals surface area contributed by atoms with Crippen LogP contribution in [0.3, 0.4) is 0 Å². The van der Waals surface area contributed by atoms with E-state index in [-0.39, 0.29) is 18.2 Å². The summed E-state index contributed by atoms with van der Waals surface area (Å²) in [7, 11) is 3.31. The molecule has 0 rings (SSSR count). The van der Waals surface area contributed by atoms with Gasteiger partial charge in [-0.3, -0.25) is 10.2 Å². The van der Waals surface area contributed by atoms with Crippen molar-refractivity contribution >= 4 is 11.8 Å². The van der Waals surface area contributed by atoms with Gasteiger partial charge in [0, 0.05) is 14.1 Å². The predicted octanol–water partition coefficient (Wildman–Crippen LogP) is 0.478. The van der Waals surface area contributed by atoms with Gasteiger partial charge in [0.25, 0.3) is 0 Å². The third kappa shape index (κ3) is 4.36. The molecule has 0 spiro atoms. The van der Waals surface area contributed by atoms with Crippen LogP contribution in [0.25, 0.3) is 0 Å². The summed E-state index contributed by atoms with van der Waals surface area (Å²) in [5.74, 6) is -0.0744. The molecule has 0 aliphatic heterocycles. The van der Waals surface area contributed by atoms with Gasteiger partial charge in [0.1, 0.15) is 6.42 Å². The van der Waals surface area contributed by atoms with E-state index < -0.39 is 0 Å². The van der Waals surface area contributed by atoms with Crippen LogP contribution in [0.15, 0.2) is 0 Å². The first-order chi connectivity index (χ1) is 5.07. The lowest BCUT2D eigenvalue weighted by Gasteiger charge is -2.10. The lowest BCUT2D eigenvalue weighted by atomic mass is 10.4. The normalized spacial score (nSPS) is 9.00. The molecular formula is C7H14N2O2. The van der Waals surface area contributed by atoms with E-state index in [0.29, 0.717) is 6.61 Å². The lowest BCUT2D eigenvalue weighted by molar-refractivity contribution is -0.127. The molecule has 0 radical (unpaired) electrons. The fourth-order valence-corrected chi connectivity index (χ4v) is 0.521. The van der Waals surface area contributed by atoms with Crippen molar-refractivity contribution in [2.24, 2.45) is 0 Å². The summed E-state index contributed by atoms with van der Waals surface area (Å²) in [6, 6.07) is 0. The van der Waals surface area contributed by atoms with Crippen molar-refractivity contribution in [2.45, 2.75) is 13.3 Å². The Morgan fingerprint density at radius 3 is 2.45 bits per heavy atom. The Morgan fingerprint density at radius 2 is 2.09 bits per heavy atom. The SMILES string of the molecule is CCOC(=N)CC(=O)N(C)C. The van der Waals surface area contributed by atoms with E-state index in [4.69, 9.17) is 10.1 Å². The van der Waals surface area contributed by atoms with Crippen LogP contribution in [0.4, 0.5) is 0 Å². The van der Waals surface area contributed by atoms with E-state index in [1.54, 1.807) is 21.0 Å². The zero-order valence-corrected chi connectivity index (χ0v) is 7.18. The number of amides is 1. The van der Waals surface area contributed by atoms with E-state index >= 15 is 0 Å². The number of nitrogens with one attached hydrogen (secondary N) is 1. The second-order valence-corrected chi connectivity index (χ2v) is 2.32. The number of hydrogen-bond acceptors (Lipinski definition) is 3. The summed E-state index contributed by atoms with van der Waals surface area (Å²) >= 11 is 0. The second-order valence-electron chi connectivity index (χ2n) is 2.32. The van der Waals surface area contributed by atoms with Crippen molar-refractivity contribution in [3.05, 3.63) is 0 Å². The second kappa shape index (κ2) is 4.71. The van der Waals surface area contributed by atoms with Crippen molar-refractivity contribution in [2.75, 3.05) is 20.7 Å². The van der Waals surface area contributed by atoms with Gasteiger partial charge >= 0.3 is 0 Å². The first kappa shape index (κ1) is 9.94. The Hall–Kier alpha value is -1.06. The number of ether oxygens (including phenoxy) is 1. The molecule has 4 nitrogen and oxygen atoms in total. The highest BCUT2D eigenvalue weighted by atomic mass is 16.5. The van der Waals surface area contributed by atoms with Crippen LogP contribution < -0.4 is 0 Å². The average molecular weight is 158 g/mol. The van der Waals surface area contributed by atoms with E-state index in [9.17, 15) is 4.79 Å². The maximum atomic E-state index is 10.9. The van der Waals surface area contributed by atoms with Crippen molar-refractivity contribution in [3.63, 3.8) is 0 Å². The summed E-state index contributed by atoms with van der Waals surface area (Å²) in [5, 5.41) is 7.14. The Morgan fingerprint density at radius 1 is 1.55 bits per heavy atom. The van der Waals surface area contributed by atoms with Crippen LogP contribution in [-0.2, 0) is 9.53 Å². The van der Waals surface area contributed by atoms with Gasteiger partial charge < -0.3 is 9.64 Å². The third-order valence-corrected chi connectivity index (χ3v) is 1.13.